The molecule has 1 fully saturated rings. The third kappa shape index (κ3) is 3.07. The second-order valence-electron chi connectivity index (χ2n) is 5.54. The quantitative estimate of drug-likeness (QED) is 0.774. The minimum Gasteiger partial charge on any atom is -0.369 e. The van der Waals surface area contributed by atoms with Crippen molar-refractivity contribution in [1.29, 1.82) is 0 Å². The molecule has 0 spiro atoms. The highest BCUT2D eigenvalue weighted by molar-refractivity contribution is 5.86. The van der Waals surface area contributed by atoms with E-state index in [2.05, 4.69) is 42.6 Å². The van der Waals surface area contributed by atoms with Crippen LogP contribution in [-0.4, -0.2) is 58.3 Å². The molecule has 0 unspecified atom stereocenters. The van der Waals surface area contributed by atoms with Gasteiger partial charge in [-0.3, -0.25) is 5.10 Å². The second-order valence-corrected chi connectivity index (χ2v) is 5.54. The van der Waals surface area contributed by atoms with E-state index in [9.17, 15) is 0 Å². The number of anilines is 2. The molecule has 1 aliphatic rings. The summed E-state index contributed by atoms with van der Waals surface area (Å²) in [6, 6.07) is 0. The van der Waals surface area contributed by atoms with Crippen molar-refractivity contribution < 1.29 is 0 Å². The molecular weight excluding hydrogens is 266 g/mol. The highest BCUT2D eigenvalue weighted by atomic mass is 15.2. The Morgan fingerprint density at radius 2 is 2.14 bits per heavy atom. The third-order valence-electron chi connectivity index (χ3n) is 4.25. The smallest absolute Gasteiger partial charge is 0.226 e. The maximum Gasteiger partial charge on any atom is 0.226 e. The van der Waals surface area contributed by atoms with Gasteiger partial charge in [-0.2, -0.15) is 15.1 Å². The van der Waals surface area contributed by atoms with Crippen LogP contribution in [0.25, 0.3) is 11.0 Å². The number of nitrogens with one attached hydrogen (secondary N) is 3. The molecule has 0 atom stereocenters. The largest absolute Gasteiger partial charge is 0.369 e. The van der Waals surface area contributed by atoms with Crippen molar-refractivity contribution in [2.45, 2.75) is 19.8 Å². The van der Waals surface area contributed by atoms with Crippen LogP contribution in [0.1, 0.15) is 19.8 Å². The van der Waals surface area contributed by atoms with Gasteiger partial charge in [0, 0.05) is 13.6 Å². The van der Waals surface area contributed by atoms with Crippen LogP contribution in [0.15, 0.2) is 6.20 Å². The Bertz CT molecular complexity index is 586. The zero-order valence-corrected chi connectivity index (χ0v) is 12.7. The number of hydrogen-bond acceptors (Lipinski definition) is 6. The van der Waals surface area contributed by atoms with E-state index in [1.54, 1.807) is 6.20 Å². The van der Waals surface area contributed by atoms with Gasteiger partial charge in [-0.1, -0.05) is 6.92 Å². The van der Waals surface area contributed by atoms with E-state index in [1.165, 1.54) is 25.9 Å². The van der Waals surface area contributed by atoms with E-state index in [4.69, 9.17) is 0 Å². The van der Waals surface area contributed by atoms with Crippen molar-refractivity contribution in [2.75, 3.05) is 43.9 Å². The monoisotopic (exact) mass is 289 g/mol. The first kappa shape index (κ1) is 14.1. The standard InChI is InChI=1S/C14H23N7/c1-3-21-6-4-10(5-7-21)8-16-12-11-9-17-20-13(11)19-14(15-2)18-12/h9-10H,3-8H2,1-2H3,(H3,15,16,17,18,19,20). The zero-order valence-electron chi connectivity index (χ0n) is 12.7. The molecule has 2 aromatic rings. The van der Waals surface area contributed by atoms with E-state index < -0.39 is 0 Å². The van der Waals surface area contributed by atoms with Crippen LogP contribution in [0.3, 0.4) is 0 Å². The minimum absolute atomic E-state index is 0.607. The van der Waals surface area contributed by atoms with Crippen molar-refractivity contribution in [3.8, 4) is 0 Å². The number of nitrogens with zero attached hydrogens (tertiary/aromatic N) is 4. The van der Waals surface area contributed by atoms with Crippen LogP contribution in [0.2, 0.25) is 0 Å². The lowest BCUT2D eigenvalue weighted by Gasteiger charge is -2.31. The minimum atomic E-state index is 0.607. The molecule has 114 valence electrons. The summed E-state index contributed by atoms with van der Waals surface area (Å²) in [7, 11) is 1.82. The second kappa shape index (κ2) is 6.26. The molecule has 21 heavy (non-hydrogen) atoms. The number of fused-ring (bicyclic) bond motifs is 1. The highest BCUT2D eigenvalue weighted by Crippen LogP contribution is 2.22. The number of rotatable bonds is 5. The zero-order chi connectivity index (χ0) is 14.7. The molecule has 0 aromatic carbocycles. The first-order chi connectivity index (χ1) is 10.3. The van der Waals surface area contributed by atoms with Gasteiger partial charge < -0.3 is 15.5 Å². The number of piperidine rings is 1. The Hall–Kier alpha value is -1.89. The Kier molecular flexibility index (Phi) is 4.19. The van der Waals surface area contributed by atoms with Gasteiger partial charge in [0.1, 0.15) is 5.82 Å². The number of H-pyrrole nitrogens is 1. The normalized spacial score (nSPS) is 17.2. The molecule has 1 saturated heterocycles. The Labute approximate surface area is 124 Å². The fraction of sp³-hybridized carbons (Fsp3) is 0.643. The maximum absolute atomic E-state index is 4.50. The fourth-order valence-corrected chi connectivity index (χ4v) is 2.83. The summed E-state index contributed by atoms with van der Waals surface area (Å²) >= 11 is 0. The Morgan fingerprint density at radius 3 is 2.86 bits per heavy atom. The maximum atomic E-state index is 4.50. The third-order valence-corrected chi connectivity index (χ3v) is 4.25. The molecule has 1 aliphatic heterocycles. The molecule has 0 aliphatic carbocycles. The summed E-state index contributed by atoms with van der Waals surface area (Å²) in [5, 5.41) is 14.4. The Balaban J connectivity index is 1.66. The van der Waals surface area contributed by atoms with Gasteiger partial charge in [-0.15, -0.1) is 0 Å². The van der Waals surface area contributed by atoms with Crippen LogP contribution < -0.4 is 10.6 Å². The first-order valence-corrected chi connectivity index (χ1v) is 7.65. The van der Waals surface area contributed by atoms with Crippen LogP contribution >= 0.6 is 0 Å². The summed E-state index contributed by atoms with van der Waals surface area (Å²) in [6.07, 6.45) is 4.27. The van der Waals surface area contributed by atoms with Crippen molar-refractivity contribution >= 4 is 22.8 Å². The van der Waals surface area contributed by atoms with Crippen LogP contribution in [0, 0.1) is 5.92 Å². The fourth-order valence-electron chi connectivity index (χ4n) is 2.83. The molecule has 0 bridgehead atoms. The van der Waals surface area contributed by atoms with Gasteiger partial charge in [-0.05, 0) is 38.4 Å². The molecule has 7 nitrogen and oxygen atoms in total. The molecule has 3 N–H and O–H groups in total. The van der Waals surface area contributed by atoms with Gasteiger partial charge in [0.05, 0.1) is 11.6 Å². The lowest BCUT2D eigenvalue weighted by atomic mass is 9.97. The van der Waals surface area contributed by atoms with E-state index in [0.29, 0.717) is 11.9 Å². The van der Waals surface area contributed by atoms with E-state index >= 15 is 0 Å². The number of likely N-dealkylation sites (tertiary alicyclic amines) is 1. The highest BCUT2D eigenvalue weighted by Gasteiger charge is 2.18. The predicted octanol–water partition coefficient (Wildman–Crippen LogP) is 1.54. The summed E-state index contributed by atoms with van der Waals surface area (Å²) in [5.41, 5.74) is 0.762. The topological polar surface area (TPSA) is 81.8 Å². The Morgan fingerprint density at radius 1 is 1.33 bits per heavy atom. The average Bonchev–Trinajstić information content (AvgIpc) is 3.01. The molecule has 7 heteroatoms. The van der Waals surface area contributed by atoms with E-state index in [-0.39, 0.29) is 0 Å². The van der Waals surface area contributed by atoms with Gasteiger partial charge in [0.25, 0.3) is 0 Å². The molecule has 3 heterocycles. The lowest BCUT2D eigenvalue weighted by molar-refractivity contribution is 0.198. The molecule has 2 aromatic heterocycles. The van der Waals surface area contributed by atoms with Crippen LogP contribution in [-0.2, 0) is 0 Å². The van der Waals surface area contributed by atoms with Crippen LogP contribution in [0.4, 0.5) is 11.8 Å². The molecule has 0 amide bonds. The van der Waals surface area contributed by atoms with Gasteiger partial charge in [0.15, 0.2) is 5.65 Å². The van der Waals surface area contributed by atoms with Gasteiger partial charge in [-0.25, -0.2) is 0 Å². The average molecular weight is 289 g/mol. The lowest BCUT2D eigenvalue weighted by Crippen LogP contribution is -2.35. The number of aromatic nitrogens is 4. The summed E-state index contributed by atoms with van der Waals surface area (Å²) < 4.78 is 0. The summed E-state index contributed by atoms with van der Waals surface area (Å²) in [5.74, 6) is 2.17. The van der Waals surface area contributed by atoms with Crippen molar-refractivity contribution in [3.05, 3.63) is 6.20 Å². The molecule has 3 rings (SSSR count). The van der Waals surface area contributed by atoms with Crippen LogP contribution in [0.5, 0.6) is 0 Å². The number of aromatic amines is 1. The van der Waals surface area contributed by atoms with Crippen molar-refractivity contribution in [1.82, 2.24) is 25.1 Å². The van der Waals surface area contributed by atoms with E-state index in [1.807, 2.05) is 7.05 Å². The molecule has 0 saturated carbocycles. The summed E-state index contributed by atoms with van der Waals surface area (Å²) in [6.45, 7) is 6.75. The van der Waals surface area contributed by atoms with E-state index in [0.717, 1.165) is 29.9 Å². The van der Waals surface area contributed by atoms with Crippen molar-refractivity contribution in [2.24, 2.45) is 5.92 Å². The number of hydrogen-bond donors (Lipinski definition) is 3. The molecular formula is C14H23N7. The SMILES string of the molecule is CCN1CCC(CNc2nc(NC)nc3[nH]ncc23)CC1. The van der Waals surface area contributed by atoms with Gasteiger partial charge in [0.2, 0.25) is 5.95 Å². The molecule has 0 radical (unpaired) electrons. The van der Waals surface area contributed by atoms with Gasteiger partial charge >= 0.3 is 0 Å². The predicted molar refractivity (Wildman–Crippen MR) is 84.6 cm³/mol. The van der Waals surface area contributed by atoms with Crippen molar-refractivity contribution in [3.63, 3.8) is 0 Å². The first-order valence-electron chi connectivity index (χ1n) is 7.65. The summed E-state index contributed by atoms with van der Waals surface area (Å²) in [4.78, 5) is 11.4.